The van der Waals surface area contributed by atoms with E-state index in [1.54, 1.807) is 6.92 Å². The van der Waals surface area contributed by atoms with E-state index >= 15 is 0 Å². The molecule has 2 aliphatic rings. The van der Waals surface area contributed by atoms with Crippen LogP contribution in [0.15, 0.2) is 0 Å². The van der Waals surface area contributed by atoms with Crippen LogP contribution in [0.3, 0.4) is 0 Å². The smallest absolute Gasteiger partial charge is 0.457 e. The van der Waals surface area contributed by atoms with Crippen LogP contribution in [0.25, 0.3) is 0 Å². The number of urea groups is 1. The maximum Gasteiger partial charge on any atom is 0.500 e. The lowest BCUT2D eigenvalue weighted by Crippen LogP contribution is -2.54. The molecule has 1 N–H and O–H groups in total. The van der Waals surface area contributed by atoms with Crippen molar-refractivity contribution in [3.8, 4) is 0 Å². The molecule has 13 nitrogen and oxygen atoms in total. The van der Waals surface area contributed by atoms with Gasteiger partial charge in [0, 0.05) is 13.5 Å². The second-order valence-corrected chi connectivity index (χ2v) is 9.66. The molecule has 2 unspecified atom stereocenters. The highest BCUT2D eigenvalue weighted by Crippen LogP contribution is 2.29. The average Bonchev–Trinajstić information content (AvgIpc) is 3.01. The first-order valence-corrected chi connectivity index (χ1v) is 12.2. The number of nitrogens with one attached hydrogen (secondary N) is 1. The Morgan fingerprint density at radius 1 is 1.21 bits per heavy atom. The van der Waals surface area contributed by atoms with E-state index in [9.17, 15) is 22.8 Å². The van der Waals surface area contributed by atoms with Crippen molar-refractivity contribution in [2.75, 3.05) is 53.3 Å². The normalized spacial score (nSPS) is 28.1. The minimum atomic E-state index is -3.82. The van der Waals surface area contributed by atoms with Gasteiger partial charge in [0.25, 0.3) is 10.1 Å². The molecule has 1 fully saturated rings. The Bertz CT molecular complexity index is 860. The standard InChI is InChI=1S/C19H31N3O10S/c1-12-10-22(19(25)20-17(12)24)18-16(29-9-8-28-7-6-21(3)4)15(31-13(2)23)14(32-18)11-30-33(5,26)27/h10,12,14-16,18H,6-9,11H2,1-5H3/p+1/t12?,14-,15?,16+,18-/m1/s1. The molecule has 0 spiro atoms. The molecule has 0 aromatic carbocycles. The fourth-order valence-corrected chi connectivity index (χ4v) is 3.60. The van der Waals surface area contributed by atoms with Crippen molar-refractivity contribution in [3.63, 3.8) is 0 Å². The van der Waals surface area contributed by atoms with Crippen LogP contribution in [0.2, 0.25) is 0 Å². The quantitative estimate of drug-likeness (QED) is 0.147. The lowest BCUT2D eigenvalue weighted by Gasteiger charge is -2.24. The van der Waals surface area contributed by atoms with Crippen LogP contribution in [0, 0.1) is 5.92 Å². The van der Waals surface area contributed by atoms with Gasteiger partial charge in [-0.1, -0.05) is 0 Å². The van der Waals surface area contributed by atoms with E-state index in [4.69, 9.17) is 23.1 Å². The zero-order valence-electron chi connectivity index (χ0n) is 19.4. The van der Waals surface area contributed by atoms with Crippen molar-refractivity contribution in [2.24, 2.45) is 5.92 Å². The van der Waals surface area contributed by atoms with Gasteiger partial charge < -0.3 is 23.8 Å². The molecule has 0 bridgehead atoms. The highest BCUT2D eigenvalue weighted by molar-refractivity contribution is 7.85. The molecular weight excluding hydrogens is 462 g/mol. The molecule has 0 radical (unpaired) electrons. The van der Waals surface area contributed by atoms with E-state index in [0.29, 0.717) is 13.2 Å². The maximum absolute atomic E-state index is 12.5. The number of hydrogen-bond acceptors (Lipinski definition) is 11. The Morgan fingerprint density at radius 3 is 2.52 bits per heavy atom. The topological polar surface area (TPSA) is 150 Å². The molecule has 3 amide bonds. The van der Waals surface area contributed by atoms with Crippen molar-refractivity contribution in [2.45, 2.75) is 38.4 Å². The van der Waals surface area contributed by atoms with Crippen LogP contribution in [0.5, 0.6) is 0 Å². The van der Waals surface area contributed by atoms with Gasteiger partial charge in [0.1, 0.15) is 12.0 Å². The molecule has 0 aromatic heterocycles. The highest BCUT2D eigenvalue weighted by Gasteiger charge is 2.54. The second-order valence-electron chi connectivity index (χ2n) is 8.02. The Labute approximate surface area is 193 Å². The summed E-state index contributed by atoms with van der Waals surface area (Å²) in [5.41, 5.74) is 0. The maximum atomic E-state index is 12.5. The second kappa shape index (κ2) is 11.9. The molecule has 2 heterocycles. The van der Waals surface area contributed by atoms with Gasteiger partial charge in [0.05, 0.1) is 38.9 Å². The summed E-state index contributed by atoms with van der Waals surface area (Å²) in [6.07, 6.45) is -1.99. The highest BCUT2D eigenvalue weighted by atomic mass is 32.2. The van der Waals surface area contributed by atoms with Gasteiger partial charge in [-0.05, 0) is 21.0 Å². The number of rotatable bonds is 12. The summed E-state index contributed by atoms with van der Waals surface area (Å²) in [6.45, 7) is 3.80. The Kier molecular flexibility index (Phi) is 9.87. The summed E-state index contributed by atoms with van der Waals surface area (Å²) in [7, 11) is 0.00761. The van der Waals surface area contributed by atoms with Crippen LogP contribution in [-0.4, -0.2) is 120 Å². The SMILES string of the molecule is CC(=O)OC1[C@@H](COS(C)(=O)=O)O[C@@H]([N+]2=CC(C)C(=O)NC2=O)[C@H]1OCCOCCN(C)C. The number of imide groups is 1. The number of ether oxygens (including phenoxy) is 4. The van der Waals surface area contributed by atoms with Crippen molar-refractivity contribution in [1.29, 1.82) is 0 Å². The fourth-order valence-electron chi connectivity index (χ4n) is 3.22. The molecule has 14 heteroatoms. The first kappa shape index (κ1) is 27.3. The Morgan fingerprint density at radius 2 is 1.91 bits per heavy atom. The van der Waals surface area contributed by atoms with Crippen molar-refractivity contribution in [1.82, 2.24) is 10.2 Å². The Hall–Kier alpha value is -1.97. The Balaban J connectivity index is 2.23. The number of nitrogens with zero attached hydrogens (tertiary/aromatic N) is 2. The third-order valence-corrected chi connectivity index (χ3v) is 5.36. The van der Waals surface area contributed by atoms with Crippen LogP contribution in [-0.2, 0) is 42.8 Å². The van der Waals surface area contributed by atoms with Gasteiger partial charge in [-0.3, -0.25) is 8.98 Å². The predicted octanol–water partition coefficient (Wildman–Crippen LogP) is -1.45. The third-order valence-electron chi connectivity index (χ3n) is 4.79. The van der Waals surface area contributed by atoms with Gasteiger partial charge in [-0.2, -0.15) is 23.1 Å². The van der Waals surface area contributed by atoms with Crippen molar-refractivity contribution >= 4 is 34.2 Å². The average molecular weight is 495 g/mol. The van der Waals surface area contributed by atoms with E-state index in [1.807, 2.05) is 19.0 Å². The van der Waals surface area contributed by atoms with Gasteiger partial charge >= 0.3 is 17.9 Å². The zero-order chi connectivity index (χ0) is 24.8. The monoisotopic (exact) mass is 494 g/mol. The lowest BCUT2D eigenvalue weighted by atomic mass is 10.1. The molecule has 1 saturated heterocycles. The van der Waals surface area contributed by atoms with E-state index in [-0.39, 0.29) is 13.2 Å². The predicted molar refractivity (Wildman–Crippen MR) is 113 cm³/mol. The largest absolute Gasteiger partial charge is 0.500 e. The molecule has 2 rings (SSSR count). The van der Waals surface area contributed by atoms with E-state index in [1.165, 1.54) is 13.1 Å². The first-order valence-electron chi connectivity index (χ1n) is 10.4. The summed E-state index contributed by atoms with van der Waals surface area (Å²) in [5.74, 6) is -1.77. The van der Waals surface area contributed by atoms with Crippen LogP contribution >= 0.6 is 0 Å². The van der Waals surface area contributed by atoms with Crippen LogP contribution in [0.1, 0.15) is 13.8 Å². The molecule has 0 aromatic rings. The fraction of sp³-hybridized carbons (Fsp3) is 0.789. The van der Waals surface area contributed by atoms with Crippen molar-refractivity contribution < 1.29 is 50.5 Å². The molecule has 2 aliphatic heterocycles. The van der Waals surface area contributed by atoms with E-state index in [0.717, 1.165) is 10.8 Å². The summed E-state index contributed by atoms with van der Waals surface area (Å²) in [4.78, 5) is 38.0. The first-order chi connectivity index (χ1) is 15.4. The van der Waals surface area contributed by atoms with E-state index in [2.05, 4.69) is 5.32 Å². The van der Waals surface area contributed by atoms with Crippen molar-refractivity contribution in [3.05, 3.63) is 0 Å². The number of likely N-dealkylation sites (N-methyl/N-ethyl adjacent to an activating group) is 1. The molecule has 0 saturated carbocycles. The van der Waals surface area contributed by atoms with Crippen LogP contribution in [0.4, 0.5) is 4.79 Å². The van der Waals surface area contributed by atoms with Gasteiger partial charge in [0.2, 0.25) is 6.23 Å². The van der Waals surface area contributed by atoms with Gasteiger partial charge in [0.15, 0.2) is 12.2 Å². The number of carbonyl (C=O) groups excluding carboxylic acids is 3. The number of carbonyl (C=O) groups is 3. The molecule has 188 valence electrons. The number of hydrogen-bond donors (Lipinski definition) is 1. The zero-order valence-corrected chi connectivity index (χ0v) is 20.2. The number of esters is 1. The van der Waals surface area contributed by atoms with E-state index < -0.39 is 65.1 Å². The number of amides is 3. The summed E-state index contributed by atoms with van der Waals surface area (Å²) >= 11 is 0. The molecule has 33 heavy (non-hydrogen) atoms. The molecule has 5 atom stereocenters. The lowest BCUT2D eigenvalue weighted by molar-refractivity contribution is -0.537. The molecule has 0 aliphatic carbocycles. The summed E-state index contributed by atoms with van der Waals surface area (Å²) in [5, 5.41) is 2.21. The summed E-state index contributed by atoms with van der Waals surface area (Å²) < 4.78 is 51.6. The molecular formula is C19H32N3O10S+. The minimum absolute atomic E-state index is 0.0827. The summed E-state index contributed by atoms with van der Waals surface area (Å²) in [6, 6.07) is -0.745. The minimum Gasteiger partial charge on any atom is -0.457 e. The van der Waals surface area contributed by atoms with Crippen LogP contribution < -0.4 is 5.32 Å². The third kappa shape index (κ3) is 8.39. The van der Waals surface area contributed by atoms with Gasteiger partial charge in [-0.25, -0.2) is 4.79 Å². The van der Waals surface area contributed by atoms with Gasteiger partial charge in [-0.15, -0.1) is 0 Å².